The van der Waals surface area contributed by atoms with E-state index in [1.54, 1.807) is 0 Å². The van der Waals surface area contributed by atoms with Crippen molar-refractivity contribution in [1.29, 1.82) is 0 Å². The zero-order valence-corrected chi connectivity index (χ0v) is 19.1. The molecule has 6 nitrogen and oxygen atoms in total. The molecule has 1 amide bonds. The van der Waals surface area contributed by atoms with Crippen LogP contribution in [-0.4, -0.2) is 87.1 Å². The lowest BCUT2D eigenvalue weighted by atomic mass is 10.1. The summed E-state index contributed by atoms with van der Waals surface area (Å²) in [5.41, 5.74) is 5.27. The van der Waals surface area contributed by atoms with E-state index in [1.807, 2.05) is 18.2 Å². The van der Waals surface area contributed by atoms with Crippen molar-refractivity contribution in [2.75, 3.05) is 76.7 Å². The number of benzene rings is 2. The van der Waals surface area contributed by atoms with Gasteiger partial charge in [-0.3, -0.25) is 9.69 Å². The standard InChI is InChI=1S/C25H35N5O/c1-20-18-23(8-9-24(20)30-16-12-28(3)13-17-30)26-25(31)22-6-4-21(5-7-22)19-29-14-10-27(2)11-15-29/h4-9,18H,10-17,19H2,1-3H3,(H,26,31). The van der Waals surface area contributed by atoms with Gasteiger partial charge < -0.3 is 20.0 Å². The molecule has 2 aromatic rings. The van der Waals surface area contributed by atoms with Crippen molar-refractivity contribution in [3.05, 3.63) is 59.2 Å². The Hall–Kier alpha value is -2.41. The molecule has 0 atom stereocenters. The van der Waals surface area contributed by atoms with Crippen LogP contribution in [0.1, 0.15) is 21.5 Å². The molecule has 0 unspecified atom stereocenters. The first-order valence-electron chi connectivity index (χ1n) is 11.3. The molecular formula is C25H35N5O. The lowest BCUT2D eigenvalue weighted by Crippen LogP contribution is -2.44. The van der Waals surface area contributed by atoms with Crippen molar-refractivity contribution in [3.8, 4) is 0 Å². The Morgan fingerprint density at radius 3 is 2.06 bits per heavy atom. The fourth-order valence-electron chi connectivity index (χ4n) is 4.36. The molecule has 0 saturated carbocycles. The van der Waals surface area contributed by atoms with Crippen molar-refractivity contribution in [2.45, 2.75) is 13.5 Å². The van der Waals surface area contributed by atoms with Gasteiger partial charge in [0.2, 0.25) is 0 Å². The van der Waals surface area contributed by atoms with Gasteiger partial charge in [0.05, 0.1) is 0 Å². The fourth-order valence-corrected chi connectivity index (χ4v) is 4.36. The van der Waals surface area contributed by atoms with Gasteiger partial charge in [-0.15, -0.1) is 0 Å². The third kappa shape index (κ3) is 5.64. The molecule has 31 heavy (non-hydrogen) atoms. The van der Waals surface area contributed by atoms with E-state index in [-0.39, 0.29) is 5.91 Å². The van der Waals surface area contributed by atoms with Gasteiger partial charge >= 0.3 is 0 Å². The molecule has 2 fully saturated rings. The van der Waals surface area contributed by atoms with Crippen LogP contribution in [0.4, 0.5) is 11.4 Å². The average molecular weight is 422 g/mol. The number of likely N-dealkylation sites (N-methyl/N-ethyl adjacent to an activating group) is 2. The third-order valence-corrected chi connectivity index (χ3v) is 6.52. The highest BCUT2D eigenvalue weighted by molar-refractivity contribution is 6.04. The first-order chi connectivity index (χ1) is 15.0. The molecular weight excluding hydrogens is 386 g/mol. The number of carbonyl (C=O) groups excluding carboxylic acids is 1. The van der Waals surface area contributed by atoms with E-state index in [4.69, 9.17) is 0 Å². The van der Waals surface area contributed by atoms with Crippen molar-refractivity contribution >= 4 is 17.3 Å². The van der Waals surface area contributed by atoms with Crippen molar-refractivity contribution < 1.29 is 4.79 Å². The van der Waals surface area contributed by atoms with Crippen molar-refractivity contribution in [3.63, 3.8) is 0 Å². The molecule has 1 N–H and O–H groups in total. The van der Waals surface area contributed by atoms with Crippen LogP contribution < -0.4 is 10.2 Å². The van der Waals surface area contributed by atoms with Crippen LogP contribution in [0.5, 0.6) is 0 Å². The second-order valence-electron chi connectivity index (χ2n) is 9.02. The lowest BCUT2D eigenvalue weighted by molar-refractivity contribution is 0.102. The fraction of sp³-hybridized carbons (Fsp3) is 0.480. The van der Waals surface area contributed by atoms with Crippen LogP contribution in [0, 0.1) is 6.92 Å². The van der Waals surface area contributed by atoms with Crippen molar-refractivity contribution in [2.24, 2.45) is 0 Å². The van der Waals surface area contributed by atoms with E-state index >= 15 is 0 Å². The molecule has 6 heteroatoms. The Labute approximate surface area is 186 Å². The molecule has 2 heterocycles. The highest BCUT2D eigenvalue weighted by Gasteiger charge is 2.17. The smallest absolute Gasteiger partial charge is 0.255 e. The summed E-state index contributed by atoms with van der Waals surface area (Å²) in [5.74, 6) is -0.0575. The molecule has 166 valence electrons. The van der Waals surface area contributed by atoms with Crippen LogP contribution in [-0.2, 0) is 6.54 Å². The highest BCUT2D eigenvalue weighted by atomic mass is 16.1. The summed E-state index contributed by atoms with van der Waals surface area (Å²) in [7, 11) is 4.34. The van der Waals surface area contributed by atoms with E-state index in [1.165, 1.54) is 16.8 Å². The SMILES string of the molecule is Cc1cc(NC(=O)c2ccc(CN3CCN(C)CC3)cc2)ccc1N1CCN(C)CC1. The second kappa shape index (κ2) is 9.81. The monoisotopic (exact) mass is 421 g/mol. The summed E-state index contributed by atoms with van der Waals surface area (Å²) >= 11 is 0. The Morgan fingerprint density at radius 2 is 1.45 bits per heavy atom. The van der Waals surface area contributed by atoms with Gasteiger partial charge in [0.15, 0.2) is 0 Å². The van der Waals surface area contributed by atoms with Crippen molar-refractivity contribution in [1.82, 2.24) is 14.7 Å². The Morgan fingerprint density at radius 1 is 0.839 bits per heavy atom. The number of hydrogen-bond acceptors (Lipinski definition) is 5. The predicted octanol–water partition coefficient (Wildman–Crippen LogP) is 2.75. The third-order valence-electron chi connectivity index (χ3n) is 6.52. The first-order valence-corrected chi connectivity index (χ1v) is 11.3. The zero-order chi connectivity index (χ0) is 21.8. The highest BCUT2D eigenvalue weighted by Crippen LogP contribution is 2.25. The summed E-state index contributed by atoms with van der Waals surface area (Å²) in [6, 6.07) is 14.3. The van der Waals surface area contributed by atoms with Crippen LogP contribution >= 0.6 is 0 Å². The van der Waals surface area contributed by atoms with E-state index in [9.17, 15) is 4.79 Å². The molecule has 0 aliphatic carbocycles. The molecule has 0 radical (unpaired) electrons. The summed E-state index contributed by atoms with van der Waals surface area (Å²) in [6.07, 6.45) is 0. The van der Waals surface area contributed by atoms with E-state index in [0.717, 1.165) is 64.6 Å². The van der Waals surface area contributed by atoms with E-state index in [2.05, 4.69) is 70.2 Å². The van der Waals surface area contributed by atoms with Crippen LogP contribution in [0.3, 0.4) is 0 Å². The Kier molecular flexibility index (Phi) is 6.90. The molecule has 4 rings (SSSR count). The summed E-state index contributed by atoms with van der Waals surface area (Å²) in [4.78, 5) is 22.4. The number of amides is 1. The molecule has 2 saturated heterocycles. The summed E-state index contributed by atoms with van der Waals surface area (Å²) < 4.78 is 0. The average Bonchev–Trinajstić information content (AvgIpc) is 2.77. The van der Waals surface area contributed by atoms with E-state index < -0.39 is 0 Å². The Bertz CT molecular complexity index is 881. The molecule has 2 aromatic carbocycles. The largest absolute Gasteiger partial charge is 0.369 e. The maximum Gasteiger partial charge on any atom is 0.255 e. The number of piperazine rings is 2. The minimum absolute atomic E-state index is 0.0575. The number of nitrogens with one attached hydrogen (secondary N) is 1. The number of aryl methyl sites for hydroxylation is 1. The maximum atomic E-state index is 12.7. The normalized spacial score (nSPS) is 18.9. The van der Waals surface area contributed by atoms with Gasteiger partial charge in [0, 0.05) is 75.8 Å². The molecule has 0 bridgehead atoms. The second-order valence-corrected chi connectivity index (χ2v) is 9.02. The maximum absolute atomic E-state index is 12.7. The van der Waals surface area contributed by atoms with Gasteiger partial charge in [-0.1, -0.05) is 12.1 Å². The number of nitrogens with zero attached hydrogens (tertiary/aromatic N) is 4. The molecule has 0 spiro atoms. The van der Waals surface area contributed by atoms with Crippen LogP contribution in [0.15, 0.2) is 42.5 Å². The summed E-state index contributed by atoms with van der Waals surface area (Å²) in [5, 5.41) is 3.06. The molecule has 2 aliphatic rings. The molecule has 2 aliphatic heterocycles. The van der Waals surface area contributed by atoms with E-state index in [0.29, 0.717) is 5.56 Å². The lowest BCUT2D eigenvalue weighted by Gasteiger charge is -2.35. The van der Waals surface area contributed by atoms with Gasteiger partial charge in [-0.25, -0.2) is 0 Å². The van der Waals surface area contributed by atoms with Gasteiger partial charge in [0.1, 0.15) is 0 Å². The predicted molar refractivity (Wildman–Crippen MR) is 128 cm³/mol. The number of anilines is 2. The topological polar surface area (TPSA) is 42.1 Å². The first kappa shape index (κ1) is 21.8. The number of carbonyl (C=O) groups is 1. The Balaban J connectivity index is 1.34. The quantitative estimate of drug-likeness (QED) is 0.804. The minimum Gasteiger partial charge on any atom is -0.369 e. The molecule has 0 aromatic heterocycles. The zero-order valence-electron chi connectivity index (χ0n) is 19.1. The van der Waals surface area contributed by atoms with Gasteiger partial charge in [0.25, 0.3) is 5.91 Å². The van der Waals surface area contributed by atoms with Gasteiger partial charge in [-0.2, -0.15) is 0 Å². The van der Waals surface area contributed by atoms with Crippen LogP contribution in [0.25, 0.3) is 0 Å². The van der Waals surface area contributed by atoms with Crippen LogP contribution in [0.2, 0.25) is 0 Å². The summed E-state index contributed by atoms with van der Waals surface area (Å²) in [6.45, 7) is 11.8. The van der Waals surface area contributed by atoms with Gasteiger partial charge in [-0.05, 0) is 62.5 Å². The number of hydrogen-bond donors (Lipinski definition) is 1. The minimum atomic E-state index is -0.0575. The number of rotatable bonds is 5.